The highest BCUT2D eigenvalue weighted by Crippen LogP contribution is 2.19. The van der Waals surface area contributed by atoms with Crippen LogP contribution in [0.25, 0.3) is 22.1 Å². The molecular formula is C9H7N5. The molecule has 0 amide bonds. The molecule has 0 aliphatic carbocycles. The average molecular weight is 185 g/mol. The van der Waals surface area contributed by atoms with Crippen LogP contribution in [0.5, 0.6) is 0 Å². The van der Waals surface area contributed by atoms with Crippen molar-refractivity contribution in [2.75, 3.05) is 5.73 Å². The van der Waals surface area contributed by atoms with Gasteiger partial charge < -0.3 is 5.73 Å². The summed E-state index contributed by atoms with van der Waals surface area (Å²) in [6.07, 6.45) is 1.71. The van der Waals surface area contributed by atoms with Crippen LogP contribution in [0.3, 0.4) is 0 Å². The van der Waals surface area contributed by atoms with E-state index in [1.807, 2.05) is 18.2 Å². The highest BCUT2D eigenvalue weighted by Gasteiger charge is 2.05. The van der Waals surface area contributed by atoms with Crippen LogP contribution in [0, 0.1) is 0 Å². The van der Waals surface area contributed by atoms with Crippen molar-refractivity contribution in [3.63, 3.8) is 0 Å². The summed E-state index contributed by atoms with van der Waals surface area (Å²) in [6, 6.07) is 5.76. The molecule has 3 N–H and O–H groups in total. The zero-order valence-electron chi connectivity index (χ0n) is 7.23. The third kappa shape index (κ3) is 0.861. The molecule has 0 fully saturated rings. The quantitative estimate of drug-likeness (QED) is 0.549. The van der Waals surface area contributed by atoms with Crippen LogP contribution in [0.1, 0.15) is 0 Å². The first-order chi connectivity index (χ1) is 6.84. The van der Waals surface area contributed by atoms with Gasteiger partial charge in [0.25, 0.3) is 0 Å². The molecule has 0 radical (unpaired) electrons. The van der Waals surface area contributed by atoms with Crippen molar-refractivity contribution < 1.29 is 0 Å². The molecule has 0 saturated heterocycles. The number of hydrogen-bond acceptors (Lipinski definition) is 4. The van der Waals surface area contributed by atoms with Crippen molar-refractivity contribution in [3.05, 3.63) is 24.4 Å². The van der Waals surface area contributed by atoms with E-state index in [0.29, 0.717) is 17.0 Å². The molecule has 3 aromatic heterocycles. The second-order valence-corrected chi connectivity index (χ2v) is 3.04. The number of nitrogens with zero attached hydrogens (tertiary/aromatic N) is 3. The monoisotopic (exact) mass is 185 g/mol. The Bertz CT molecular complexity index is 613. The summed E-state index contributed by atoms with van der Waals surface area (Å²) >= 11 is 0. The van der Waals surface area contributed by atoms with Gasteiger partial charge in [-0.2, -0.15) is 5.10 Å². The molecule has 0 saturated carbocycles. The summed E-state index contributed by atoms with van der Waals surface area (Å²) in [6.45, 7) is 0. The molecule has 3 heterocycles. The Morgan fingerprint density at radius 1 is 1.36 bits per heavy atom. The predicted octanol–water partition coefficient (Wildman–Crippen LogP) is 1.09. The second kappa shape index (κ2) is 2.41. The fourth-order valence-electron chi connectivity index (χ4n) is 1.46. The topological polar surface area (TPSA) is 80.5 Å². The van der Waals surface area contributed by atoms with E-state index in [2.05, 4.69) is 20.2 Å². The van der Waals surface area contributed by atoms with E-state index in [-0.39, 0.29) is 0 Å². The third-order valence-electron chi connectivity index (χ3n) is 2.13. The number of aromatic amines is 1. The van der Waals surface area contributed by atoms with Gasteiger partial charge in [-0.15, -0.1) is 0 Å². The normalized spacial score (nSPS) is 11.1. The van der Waals surface area contributed by atoms with E-state index in [4.69, 9.17) is 5.73 Å². The van der Waals surface area contributed by atoms with Crippen LogP contribution in [-0.4, -0.2) is 20.2 Å². The maximum atomic E-state index is 5.63. The van der Waals surface area contributed by atoms with Crippen molar-refractivity contribution in [3.8, 4) is 0 Å². The zero-order valence-corrected chi connectivity index (χ0v) is 7.23. The van der Waals surface area contributed by atoms with E-state index in [9.17, 15) is 0 Å². The first-order valence-electron chi connectivity index (χ1n) is 4.20. The van der Waals surface area contributed by atoms with Crippen LogP contribution >= 0.6 is 0 Å². The summed E-state index contributed by atoms with van der Waals surface area (Å²) in [4.78, 5) is 8.45. The number of nitrogen functional groups attached to an aromatic ring is 1. The Hall–Kier alpha value is -2.17. The number of pyridine rings is 2. The largest absolute Gasteiger partial charge is 0.380 e. The van der Waals surface area contributed by atoms with Crippen LogP contribution in [0.4, 0.5) is 5.82 Å². The minimum absolute atomic E-state index is 0.410. The molecule has 0 aromatic carbocycles. The highest BCUT2D eigenvalue weighted by atomic mass is 15.2. The van der Waals surface area contributed by atoms with Gasteiger partial charge in [0.1, 0.15) is 5.52 Å². The standard InChI is InChI=1S/C9H7N5/c10-8-7-6(13-14-8)4-5-2-1-3-11-9(5)12-7/h1-4H,(H3,10,13,14). The van der Waals surface area contributed by atoms with Crippen molar-refractivity contribution in [2.45, 2.75) is 0 Å². The maximum Gasteiger partial charge on any atom is 0.171 e. The van der Waals surface area contributed by atoms with E-state index >= 15 is 0 Å². The number of fused-ring (bicyclic) bond motifs is 2. The fraction of sp³-hybridized carbons (Fsp3) is 0. The molecule has 0 atom stereocenters. The number of anilines is 1. The number of rotatable bonds is 0. The van der Waals surface area contributed by atoms with Gasteiger partial charge in [0.2, 0.25) is 0 Å². The molecule has 14 heavy (non-hydrogen) atoms. The van der Waals surface area contributed by atoms with Gasteiger partial charge in [-0.05, 0) is 18.2 Å². The predicted molar refractivity (Wildman–Crippen MR) is 53.6 cm³/mol. The van der Waals surface area contributed by atoms with Crippen LogP contribution < -0.4 is 5.73 Å². The van der Waals surface area contributed by atoms with Gasteiger partial charge in [0.15, 0.2) is 11.5 Å². The lowest BCUT2D eigenvalue weighted by molar-refractivity contribution is 1.13. The molecule has 0 bridgehead atoms. The Balaban J connectivity index is 2.54. The molecule has 0 unspecified atom stereocenters. The Kier molecular flexibility index (Phi) is 1.25. The van der Waals surface area contributed by atoms with Gasteiger partial charge >= 0.3 is 0 Å². The lowest BCUT2D eigenvalue weighted by Crippen LogP contribution is -1.87. The highest BCUT2D eigenvalue weighted by molar-refractivity contribution is 5.93. The molecule has 3 aromatic rings. The zero-order chi connectivity index (χ0) is 9.54. The van der Waals surface area contributed by atoms with E-state index < -0.39 is 0 Å². The van der Waals surface area contributed by atoms with Crippen molar-refractivity contribution >= 4 is 27.9 Å². The summed E-state index contributed by atoms with van der Waals surface area (Å²) in [5.74, 6) is 0.410. The molecule has 0 spiro atoms. The van der Waals surface area contributed by atoms with E-state index in [1.165, 1.54) is 0 Å². The minimum Gasteiger partial charge on any atom is -0.380 e. The summed E-state index contributed by atoms with van der Waals surface area (Å²) < 4.78 is 0. The van der Waals surface area contributed by atoms with Gasteiger partial charge in [0, 0.05) is 11.6 Å². The fourth-order valence-corrected chi connectivity index (χ4v) is 1.46. The van der Waals surface area contributed by atoms with Gasteiger partial charge in [-0.1, -0.05) is 0 Å². The Labute approximate surface area is 79.0 Å². The first-order valence-corrected chi connectivity index (χ1v) is 4.20. The van der Waals surface area contributed by atoms with Crippen molar-refractivity contribution in [1.29, 1.82) is 0 Å². The molecule has 3 rings (SSSR count). The van der Waals surface area contributed by atoms with Crippen LogP contribution in [-0.2, 0) is 0 Å². The van der Waals surface area contributed by atoms with Crippen molar-refractivity contribution in [1.82, 2.24) is 20.2 Å². The van der Waals surface area contributed by atoms with Crippen molar-refractivity contribution in [2.24, 2.45) is 0 Å². The van der Waals surface area contributed by atoms with Gasteiger partial charge in [0.05, 0.1) is 5.52 Å². The van der Waals surface area contributed by atoms with Gasteiger partial charge in [-0.3, -0.25) is 5.10 Å². The smallest absolute Gasteiger partial charge is 0.171 e. The molecular weight excluding hydrogens is 178 g/mol. The first kappa shape index (κ1) is 7.25. The third-order valence-corrected chi connectivity index (χ3v) is 2.13. The lowest BCUT2D eigenvalue weighted by atomic mass is 10.2. The minimum atomic E-state index is 0.410. The summed E-state index contributed by atoms with van der Waals surface area (Å²) in [5.41, 5.74) is 7.84. The van der Waals surface area contributed by atoms with Crippen LogP contribution in [0.2, 0.25) is 0 Å². The van der Waals surface area contributed by atoms with Crippen LogP contribution in [0.15, 0.2) is 24.4 Å². The molecule has 5 heteroatoms. The maximum absolute atomic E-state index is 5.63. The Morgan fingerprint density at radius 2 is 2.29 bits per heavy atom. The molecule has 0 aliphatic rings. The number of aromatic nitrogens is 4. The number of H-pyrrole nitrogens is 1. The van der Waals surface area contributed by atoms with Gasteiger partial charge in [-0.25, -0.2) is 9.97 Å². The number of nitrogens with two attached hydrogens (primary N) is 1. The molecule has 0 aliphatic heterocycles. The number of nitrogens with one attached hydrogen (secondary N) is 1. The summed E-state index contributed by atoms with van der Waals surface area (Å²) in [7, 11) is 0. The molecule has 68 valence electrons. The average Bonchev–Trinajstić information content (AvgIpc) is 2.57. The van der Waals surface area contributed by atoms with E-state index in [0.717, 1.165) is 10.9 Å². The second-order valence-electron chi connectivity index (χ2n) is 3.04. The SMILES string of the molecule is Nc1n[nH]c2cc3cccnc3nc12. The lowest BCUT2D eigenvalue weighted by Gasteiger charge is -1.95. The van der Waals surface area contributed by atoms with E-state index in [1.54, 1.807) is 6.20 Å². The summed E-state index contributed by atoms with van der Waals surface area (Å²) in [5, 5.41) is 7.67. The molecule has 5 nitrogen and oxygen atoms in total. The Morgan fingerprint density at radius 3 is 3.21 bits per heavy atom. The number of hydrogen-bond donors (Lipinski definition) is 2.